The number of aromatic carboxylic acids is 1. The second kappa shape index (κ2) is 10.3. The highest BCUT2D eigenvalue weighted by atomic mass is 35.5. The molecule has 0 aliphatic heterocycles. The van der Waals surface area contributed by atoms with E-state index < -0.39 is 12.0 Å². The minimum Gasteiger partial charge on any atom is -0.478 e. The fraction of sp³-hybridized carbons (Fsp3) is 0.296. The number of hydrogen-bond acceptors (Lipinski definition) is 6. The largest absolute Gasteiger partial charge is 0.478 e. The molecule has 2 heterocycles. The lowest BCUT2D eigenvalue weighted by Gasteiger charge is -2.15. The van der Waals surface area contributed by atoms with Gasteiger partial charge in [0.1, 0.15) is 11.3 Å². The summed E-state index contributed by atoms with van der Waals surface area (Å²) in [6.07, 6.45) is 2.19. The van der Waals surface area contributed by atoms with Crippen LogP contribution in [0.25, 0.3) is 22.3 Å². The van der Waals surface area contributed by atoms with Crippen molar-refractivity contribution in [2.75, 3.05) is 11.9 Å². The summed E-state index contributed by atoms with van der Waals surface area (Å²) < 4.78 is 5.77. The average molecular weight is 508 g/mol. The van der Waals surface area contributed by atoms with Crippen LogP contribution in [0, 0.1) is 6.92 Å². The maximum atomic E-state index is 12.0. The first kappa shape index (κ1) is 25.6. The molecular formula is C27H30ClN5O3. The number of H-pyrrole nitrogens is 1. The van der Waals surface area contributed by atoms with E-state index >= 15 is 0 Å². The van der Waals surface area contributed by atoms with E-state index in [-0.39, 0.29) is 30.1 Å². The molecule has 9 heteroatoms. The van der Waals surface area contributed by atoms with Gasteiger partial charge in [-0.25, -0.2) is 14.8 Å². The molecule has 188 valence electrons. The molecular weight excluding hydrogens is 478 g/mol. The molecule has 5 N–H and O–H groups in total. The van der Waals surface area contributed by atoms with E-state index in [0.717, 1.165) is 41.0 Å². The number of nitrogens with one attached hydrogen (secondary N) is 2. The quantitative estimate of drug-likeness (QED) is 0.244. The molecule has 0 spiro atoms. The lowest BCUT2D eigenvalue weighted by molar-refractivity contribution is 0.0692. The number of carbonyl (C=O) groups is 1. The number of aromatic nitrogens is 3. The summed E-state index contributed by atoms with van der Waals surface area (Å²) in [6, 6.07) is 16.5. The fourth-order valence-corrected chi connectivity index (χ4v) is 4.15. The van der Waals surface area contributed by atoms with Crippen molar-refractivity contribution in [1.82, 2.24) is 15.0 Å². The fourth-order valence-electron chi connectivity index (χ4n) is 4.15. The third-order valence-corrected chi connectivity index (χ3v) is 6.44. The standard InChI is InChI=1S/C27H29N5O3.ClH/c1-16-25(32-27(2)11-12-27)31-24-18(9-6-10-21(24)29-16)22-13-19(26(33)34)23(30-22)20(28)15-35-14-17-7-4-3-5-8-17;/h3-10,13,20,30H,11-12,14-15,28H2,1-2H3,(H,31,32)(H,33,34);1H. The minimum atomic E-state index is -1.05. The number of carboxylic acid groups (broad SMARTS) is 1. The molecule has 0 saturated heterocycles. The molecule has 1 fully saturated rings. The summed E-state index contributed by atoms with van der Waals surface area (Å²) in [5.74, 6) is -0.298. The van der Waals surface area contributed by atoms with E-state index in [1.54, 1.807) is 6.07 Å². The molecule has 2 aromatic carbocycles. The Hall–Kier alpha value is -3.46. The van der Waals surface area contributed by atoms with Crippen LogP contribution in [-0.2, 0) is 11.3 Å². The molecule has 0 bridgehead atoms. The summed E-state index contributed by atoms with van der Waals surface area (Å²) in [7, 11) is 0. The van der Waals surface area contributed by atoms with Gasteiger partial charge in [-0.2, -0.15) is 0 Å². The third-order valence-electron chi connectivity index (χ3n) is 6.44. The Morgan fingerprint density at radius 1 is 1.19 bits per heavy atom. The summed E-state index contributed by atoms with van der Waals surface area (Å²) in [6.45, 7) is 4.69. The van der Waals surface area contributed by atoms with Crippen molar-refractivity contribution >= 4 is 35.2 Å². The molecule has 1 aliphatic rings. The van der Waals surface area contributed by atoms with Crippen LogP contribution in [0.5, 0.6) is 0 Å². The first-order chi connectivity index (χ1) is 16.8. The highest BCUT2D eigenvalue weighted by Crippen LogP contribution is 2.39. The SMILES string of the molecule is Cc1nc2cccc(-c3cc(C(=O)O)c(C(N)COCc4ccccc4)[nH]3)c2nc1NC1(C)CC1.Cl. The number of anilines is 1. The number of para-hydroxylation sites is 1. The lowest BCUT2D eigenvalue weighted by atomic mass is 10.1. The number of nitrogens with two attached hydrogens (primary N) is 1. The molecule has 1 saturated carbocycles. The number of nitrogens with zero attached hydrogens (tertiary/aromatic N) is 2. The highest BCUT2D eigenvalue weighted by Gasteiger charge is 2.38. The van der Waals surface area contributed by atoms with Gasteiger partial charge in [0.2, 0.25) is 0 Å². The average Bonchev–Trinajstić information content (AvgIpc) is 3.39. The second-order valence-corrected chi connectivity index (χ2v) is 9.44. The summed E-state index contributed by atoms with van der Waals surface area (Å²) in [4.78, 5) is 24.9. The van der Waals surface area contributed by atoms with Crippen LogP contribution in [-0.4, -0.2) is 38.2 Å². The Labute approximate surface area is 215 Å². The molecule has 36 heavy (non-hydrogen) atoms. The van der Waals surface area contributed by atoms with Gasteiger partial charge in [0.15, 0.2) is 0 Å². The number of hydrogen-bond donors (Lipinski definition) is 4. The van der Waals surface area contributed by atoms with Gasteiger partial charge >= 0.3 is 5.97 Å². The topological polar surface area (TPSA) is 126 Å². The number of halogens is 1. The van der Waals surface area contributed by atoms with Gasteiger partial charge in [0, 0.05) is 22.5 Å². The molecule has 1 aliphatic carbocycles. The number of benzene rings is 2. The van der Waals surface area contributed by atoms with E-state index in [1.807, 2.05) is 55.5 Å². The number of rotatable bonds is 9. The molecule has 8 nitrogen and oxygen atoms in total. The number of carboxylic acids is 1. The van der Waals surface area contributed by atoms with Crippen molar-refractivity contribution in [1.29, 1.82) is 0 Å². The Morgan fingerprint density at radius 2 is 1.94 bits per heavy atom. The summed E-state index contributed by atoms with van der Waals surface area (Å²) in [5.41, 5.74) is 11.7. The zero-order valence-corrected chi connectivity index (χ0v) is 21.1. The zero-order valence-electron chi connectivity index (χ0n) is 20.2. The summed E-state index contributed by atoms with van der Waals surface area (Å²) >= 11 is 0. The van der Waals surface area contributed by atoms with E-state index in [4.69, 9.17) is 20.4 Å². The first-order valence-electron chi connectivity index (χ1n) is 11.7. The molecule has 1 atom stereocenters. The highest BCUT2D eigenvalue weighted by molar-refractivity contribution is 5.95. The van der Waals surface area contributed by atoms with Crippen molar-refractivity contribution in [3.05, 3.63) is 77.1 Å². The van der Waals surface area contributed by atoms with E-state index in [9.17, 15) is 9.90 Å². The third kappa shape index (κ3) is 5.36. The smallest absolute Gasteiger partial charge is 0.337 e. The Morgan fingerprint density at radius 3 is 2.64 bits per heavy atom. The van der Waals surface area contributed by atoms with Crippen molar-refractivity contribution < 1.29 is 14.6 Å². The number of ether oxygens (including phenoxy) is 1. The molecule has 4 aromatic rings. The molecule has 5 rings (SSSR count). The van der Waals surface area contributed by atoms with Crippen molar-refractivity contribution in [3.8, 4) is 11.3 Å². The maximum Gasteiger partial charge on any atom is 0.337 e. The van der Waals surface area contributed by atoms with Gasteiger partial charge < -0.3 is 25.9 Å². The molecule has 2 aromatic heterocycles. The van der Waals surface area contributed by atoms with Crippen molar-refractivity contribution in [2.45, 2.75) is 44.9 Å². The van der Waals surface area contributed by atoms with Gasteiger partial charge in [0.05, 0.1) is 36.0 Å². The van der Waals surface area contributed by atoms with E-state index in [0.29, 0.717) is 23.5 Å². The molecule has 1 unspecified atom stereocenters. The number of aromatic amines is 1. The predicted molar refractivity (Wildman–Crippen MR) is 143 cm³/mol. The Bertz CT molecular complexity index is 1390. The zero-order chi connectivity index (χ0) is 24.6. The van der Waals surface area contributed by atoms with Crippen molar-refractivity contribution in [2.24, 2.45) is 5.73 Å². The van der Waals surface area contributed by atoms with Gasteiger partial charge in [-0.15, -0.1) is 12.4 Å². The second-order valence-electron chi connectivity index (χ2n) is 9.44. The first-order valence-corrected chi connectivity index (χ1v) is 11.7. The van der Waals surface area contributed by atoms with Crippen LogP contribution in [0.15, 0.2) is 54.6 Å². The van der Waals surface area contributed by atoms with Crippen LogP contribution < -0.4 is 11.1 Å². The summed E-state index contributed by atoms with van der Waals surface area (Å²) in [5, 5.41) is 13.4. The van der Waals surface area contributed by atoms with Gasteiger partial charge in [-0.05, 0) is 44.4 Å². The maximum absolute atomic E-state index is 12.0. The van der Waals surface area contributed by atoms with Gasteiger partial charge in [0.25, 0.3) is 0 Å². The molecule has 0 radical (unpaired) electrons. The van der Waals surface area contributed by atoms with Gasteiger partial charge in [-0.3, -0.25) is 0 Å². The van der Waals surface area contributed by atoms with Crippen LogP contribution in [0.1, 0.15) is 53.1 Å². The van der Waals surface area contributed by atoms with Crippen LogP contribution in [0.3, 0.4) is 0 Å². The minimum absolute atomic E-state index is 0. The van der Waals surface area contributed by atoms with Crippen LogP contribution in [0.2, 0.25) is 0 Å². The normalized spacial score (nSPS) is 14.8. The number of aryl methyl sites for hydroxylation is 1. The van der Waals surface area contributed by atoms with Crippen molar-refractivity contribution in [3.63, 3.8) is 0 Å². The Kier molecular flexibility index (Phi) is 7.31. The number of fused-ring (bicyclic) bond motifs is 1. The van der Waals surface area contributed by atoms with Gasteiger partial charge in [-0.1, -0.05) is 42.5 Å². The molecule has 0 amide bonds. The van der Waals surface area contributed by atoms with Crippen LogP contribution >= 0.6 is 12.4 Å². The Balaban J connectivity index is 0.00000304. The van der Waals surface area contributed by atoms with Crippen LogP contribution in [0.4, 0.5) is 5.82 Å². The predicted octanol–water partition coefficient (Wildman–Crippen LogP) is 5.23. The van der Waals surface area contributed by atoms with E-state index in [2.05, 4.69) is 17.2 Å². The lowest BCUT2D eigenvalue weighted by Crippen LogP contribution is -2.20. The van der Waals surface area contributed by atoms with E-state index in [1.165, 1.54) is 0 Å². The monoisotopic (exact) mass is 507 g/mol.